The first kappa shape index (κ1) is 13.4. The maximum atomic E-state index is 6.12. The van der Waals surface area contributed by atoms with Crippen LogP contribution in [0.1, 0.15) is 26.7 Å². The molecule has 4 heterocycles. The third kappa shape index (κ3) is 2.65. The number of hydrogen-bond acceptors (Lipinski definition) is 6. The molecular weight excluding hydrogens is 254 g/mol. The van der Waals surface area contributed by atoms with Gasteiger partial charge in [-0.05, 0) is 45.7 Å². The highest BCUT2D eigenvalue weighted by molar-refractivity contribution is 5.66. The number of ether oxygens (including phenoxy) is 1. The molecule has 0 amide bonds. The van der Waals surface area contributed by atoms with Gasteiger partial charge in [-0.2, -0.15) is 4.98 Å². The van der Waals surface area contributed by atoms with Crippen LogP contribution in [0.2, 0.25) is 0 Å². The van der Waals surface area contributed by atoms with Crippen LogP contribution in [-0.2, 0) is 0 Å². The molecule has 4 rings (SSSR count). The zero-order chi connectivity index (χ0) is 14.1. The Morgan fingerprint density at radius 1 is 1.35 bits per heavy atom. The van der Waals surface area contributed by atoms with Gasteiger partial charge < -0.3 is 20.7 Å². The van der Waals surface area contributed by atoms with Gasteiger partial charge >= 0.3 is 0 Å². The van der Waals surface area contributed by atoms with Crippen molar-refractivity contribution in [3.63, 3.8) is 0 Å². The van der Waals surface area contributed by atoms with E-state index in [-0.39, 0.29) is 6.10 Å². The molecule has 6 nitrogen and oxygen atoms in total. The lowest BCUT2D eigenvalue weighted by atomic mass is 9.84. The summed E-state index contributed by atoms with van der Waals surface area (Å²) in [4.78, 5) is 10.9. The molecule has 0 spiro atoms. The summed E-state index contributed by atoms with van der Waals surface area (Å²) in [5.41, 5.74) is 6.63. The number of nitrogens with two attached hydrogens (primary N) is 1. The molecule has 1 aromatic heterocycles. The van der Waals surface area contributed by atoms with E-state index in [1.165, 1.54) is 32.3 Å². The maximum absolute atomic E-state index is 6.12. The summed E-state index contributed by atoms with van der Waals surface area (Å²) in [5.74, 6) is 1.90. The summed E-state index contributed by atoms with van der Waals surface area (Å²) >= 11 is 0. The molecule has 3 aliphatic rings. The van der Waals surface area contributed by atoms with Crippen LogP contribution in [0.5, 0.6) is 5.88 Å². The van der Waals surface area contributed by atoms with E-state index in [9.17, 15) is 0 Å². The van der Waals surface area contributed by atoms with E-state index in [0.717, 1.165) is 12.5 Å². The molecule has 2 bridgehead atoms. The second-order valence-corrected chi connectivity index (χ2v) is 6.00. The van der Waals surface area contributed by atoms with Crippen LogP contribution in [0.3, 0.4) is 0 Å². The average molecular weight is 277 g/mol. The summed E-state index contributed by atoms with van der Waals surface area (Å²) in [5, 5.41) is 3.50. The fraction of sp³-hybridized carbons (Fsp3) is 0.714. The first-order valence-electron chi connectivity index (χ1n) is 7.39. The standard InChI is InChI=1S/C14H23N5O/c1-9(2)20-14-12(15)13(16-8-17-14)18-11-7-19-5-3-10(11)4-6-19/h8-11H,3-7,15H2,1-2H3,(H,16,17,18). The fourth-order valence-corrected chi connectivity index (χ4v) is 3.12. The minimum Gasteiger partial charge on any atom is -0.473 e. The molecule has 3 fully saturated rings. The van der Waals surface area contributed by atoms with Gasteiger partial charge in [-0.1, -0.05) is 0 Å². The van der Waals surface area contributed by atoms with E-state index in [1.807, 2.05) is 13.8 Å². The zero-order valence-corrected chi connectivity index (χ0v) is 12.2. The molecule has 110 valence electrons. The van der Waals surface area contributed by atoms with E-state index in [2.05, 4.69) is 20.2 Å². The number of nitrogens with one attached hydrogen (secondary N) is 1. The van der Waals surface area contributed by atoms with Crippen molar-refractivity contribution in [2.45, 2.75) is 38.8 Å². The molecule has 3 aliphatic heterocycles. The first-order valence-corrected chi connectivity index (χ1v) is 7.39. The van der Waals surface area contributed by atoms with E-state index < -0.39 is 0 Å². The van der Waals surface area contributed by atoms with Gasteiger partial charge in [0.2, 0.25) is 5.88 Å². The van der Waals surface area contributed by atoms with Crippen LogP contribution in [0.15, 0.2) is 6.33 Å². The Hall–Kier alpha value is -1.56. The number of aromatic nitrogens is 2. The van der Waals surface area contributed by atoms with Gasteiger partial charge in [0.25, 0.3) is 0 Å². The lowest BCUT2D eigenvalue weighted by Gasteiger charge is -2.45. The highest BCUT2D eigenvalue weighted by atomic mass is 16.5. The number of nitrogen functional groups attached to an aromatic ring is 1. The number of fused-ring (bicyclic) bond motifs is 3. The summed E-state index contributed by atoms with van der Waals surface area (Å²) in [6.07, 6.45) is 4.09. The Kier molecular flexibility index (Phi) is 3.65. The lowest BCUT2D eigenvalue weighted by Crippen LogP contribution is -2.53. The van der Waals surface area contributed by atoms with E-state index in [4.69, 9.17) is 10.5 Å². The Balaban J connectivity index is 1.74. The monoisotopic (exact) mass is 277 g/mol. The summed E-state index contributed by atoms with van der Waals surface area (Å²) in [7, 11) is 0. The molecule has 0 aliphatic carbocycles. The highest BCUT2D eigenvalue weighted by Gasteiger charge is 2.34. The minimum atomic E-state index is 0.0526. The molecule has 1 atom stereocenters. The van der Waals surface area contributed by atoms with Crippen LogP contribution in [0.4, 0.5) is 11.5 Å². The van der Waals surface area contributed by atoms with Crippen LogP contribution in [0.25, 0.3) is 0 Å². The predicted molar refractivity (Wildman–Crippen MR) is 78.8 cm³/mol. The smallest absolute Gasteiger partial charge is 0.242 e. The number of nitrogens with zero attached hydrogens (tertiary/aromatic N) is 3. The van der Waals surface area contributed by atoms with Gasteiger partial charge in [0.1, 0.15) is 12.0 Å². The third-order valence-corrected chi connectivity index (χ3v) is 4.17. The summed E-state index contributed by atoms with van der Waals surface area (Å²) in [6.45, 7) is 7.45. The van der Waals surface area contributed by atoms with Gasteiger partial charge in [-0.25, -0.2) is 4.98 Å². The van der Waals surface area contributed by atoms with Crippen molar-refractivity contribution < 1.29 is 4.74 Å². The third-order valence-electron chi connectivity index (χ3n) is 4.17. The van der Waals surface area contributed by atoms with Crippen LogP contribution >= 0.6 is 0 Å². The normalized spacial score (nSPS) is 28.6. The largest absolute Gasteiger partial charge is 0.473 e. The summed E-state index contributed by atoms with van der Waals surface area (Å²) in [6, 6.07) is 0.432. The predicted octanol–water partition coefficient (Wildman–Crippen LogP) is 1.35. The first-order chi connectivity index (χ1) is 9.63. The minimum absolute atomic E-state index is 0.0526. The van der Waals surface area contributed by atoms with Crippen LogP contribution in [-0.4, -0.2) is 46.6 Å². The highest BCUT2D eigenvalue weighted by Crippen LogP contribution is 2.32. The second-order valence-electron chi connectivity index (χ2n) is 6.00. The summed E-state index contributed by atoms with van der Waals surface area (Å²) < 4.78 is 5.61. The second kappa shape index (κ2) is 5.44. The van der Waals surface area contributed by atoms with E-state index >= 15 is 0 Å². The van der Waals surface area contributed by atoms with Crippen molar-refractivity contribution in [3.05, 3.63) is 6.33 Å². The van der Waals surface area contributed by atoms with Crippen molar-refractivity contribution in [1.82, 2.24) is 14.9 Å². The molecule has 6 heteroatoms. The average Bonchev–Trinajstić information content (AvgIpc) is 2.44. The van der Waals surface area contributed by atoms with Gasteiger partial charge in [-0.3, -0.25) is 0 Å². The van der Waals surface area contributed by atoms with Crippen molar-refractivity contribution in [1.29, 1.82) is 0 Å². The maximum Gasteiger partial charge on any atom is 0.242 e. The molecule has 0 saturated carbocycles. The molecule has 3 N–H and O–H groups in total. The lowest BCUT2D eigenvalue weighted by molar-refractivity contribution is 0.0974. The number of hydrogen-bond donors (Lipinski definition) is 2. The molecule has 0 aromatic carbocycles. The molecule has 3 saturated heterocycles. The Bertz CT molecular complexity index is 471. The number of piperidine rings is 3. The van der Waals surface area contributed by atoms with Crippen molar-refractivity contribution in [2.75, 3.05) is 30.7 Å². The molecule has 1 aromatic rings. The van der Waals surface area contributed by atoms with Gasteiger partial charge in [0, 0.05) is 12.6 Å². The quantitative estimate of drug-likeness (QED) is 0.865. The Morgan fingerprint density at radius 2 is 2.10 bits per heavy atom. The van der Waals surface area contributed by atoms with Crippen LogP contribution < -0.4 is 15.8 Å². The van der Waals surface area contributed by atoms with E-state index in [0.29, 0.717) is 23.4 Å². The van der Waals surface area contributed by atoms with Gasteiger partial charge in [0.05, 0.1) is 6.10 Å². The Morgan fingerprint density at radius 3 is 2.70 bits per heavy atom. The van der Waals surface area contributed by atoms with Gasteiger partial charge in [-0.15, -0.1) is 0 Å². The fourth-order valence-electron chi connectivity index (χ4n) is 3.12. The van der Waals surface area contributed by atoms with Gasteiger partial charge in [0.15, 0.2) is 5.82 Å². The van der Waals surface area contributed by atoms with Crippen molar-refractivity contribution in [3.8, 4) is 5.88 Å². The molecule has 0 radical (unpaired) electrons. The zero-order valence-electron chi connectivity index (χ0n) is 12.2. The van der Waals surface area contributed by atoms with Crippen molar-refractivity contribution >= 4 is 11.5 Å². The number of rotatable bonds is 4. The molecular formula is C14H23N5O. The van der Waals surface area contributed by atoms with Crippen LogP contribution in [0, 0.1) is 5.92 Å². The van der Waals surface area contributed by atoms with E-state index in [1.54, 1.807) is 0 Å². The van der Waals surface area contributed by atoms with Crippen molar-refractivity contribution in [2.24, 2.45) is 5.92 Å². The number of anilines is 2. The Labute approximate surface area is 119 Å². The topological polar surface area (TPSA) is 76.3 Å². The molecule has 20 heavy (non-hydrogen) atoms. The molecule has 1 unspecified atom stereocenters. The SMILES string of the molecule is CC(C)Oc1ncnc(NC2CN3CCC2CC3)c1N.